The Hall–Kier alpha value is -2.25. The lowest BCUT2D eigenvalue weighted by Crippen LogP contribution is -2.41. The van der Waals surface area contributed by atoms with E-state index in [4.69, 9.17) is 4.74 Å². The molecule has 164 valence electrons. The molecule has 0 radical (unpaired) electrons. The van der Waals surface area contributed by atoms with E-state index < -0.39 is 17.3 Å². The minimum absolute atomic E-state index is 0.00939. The second-order valence-electron chi connectivity index (χ2n) is 10.0. The number of hydrogen-bond donors (Lipinski definition) is 0. The largest absolute Gasteiger partial charge is 0.441 e. The van der Waals surface area contributed by atoms with E-state index >= 15 is 0 Å². The van der Waals surface area contributed by atoms with Gasteiger partial charge in [-0.3, -0.25) is 0 Å². The van der Waals surface area contributed by atoms with Crippen LogP contribution in [0.1, 0.15) is 52.0 Å². The Morgan fingerprint density at radius 1 is 1.27 bits per heavy atom. The second-order valence-corrected chi connectivity index (χ2v) is 10.0. The minimum Gasteiger partial charge on any atom is -0.441 e. The topological polar surface area (TPSA) is 47.4 Å². The summed E-state index contributed by atoms with van der Waals surface area (Å²) in [5.41, 5.74) is -0.123. The van der Waals surface area contributed by atoms with Gasteiger partial charge < -0.3 is 14.2 Å². The number of imidazole rings is 1. The number of hydrogen-bond acceptors (Lipinski definition) is 3. The highest BCUT2D eigenvalue weighted by atomic mass is 19.4. The molecule has 5 nitrogen and oxygen atoms in total. The highest BCUT2D eigenvalue weighted by Crippen LogP contribution is 2.41. The van der Waals surface area contributed by atoms with E-state index in [1.807, 2.05) is 0 Å². The molecular weight excluding hydrogens is 395 g/mol. The van der Waals surface area contributed by atoms with Crippen molar-refractivity contribution in [3.05, 3.63) is 30.1 Å². The number of carbonyl (C=O) groups excluding carboxylic acids is 1. The zero-order valence-corrected chi connectivity index (χ0v) is 17.6. The van der Waals surface area contributed by atoms with Crippen LogP contribution in [0.25, 0.3) is 11.0 Å². The predicted molar refractivity (Wildman–Crippen MR) is 107 cm³/mol. The van der Waals surface area contributed by atoms with Crippen molar-refractivity contribution in [3.63, 3.8) is 0 Å². The number of benzene rings is 1. The number of aromatic nitrogens is 2. The average Bonchev–Trinajstić information content (AvgIpc) is 3.14. The van der Waals surface area contributed by atoms with E-state index in [1.54, 1.807) is 15.8 Å². The van der Waals surface area contributed by atoms with Crippen LogP contribution < -0.4 is 0 Å². The van der Waals surface area contributed by atoms with Crippen molar-refractivity contribution in [2.45, 2.75) is 64.8 Å². The van der Waals surface area contributed by atoms with Crippen LogP contribution in [0, 0.1) is 11.3 Å². The smallest absolute Gasteiger partial charge is 0.416 e. The normalized spacial score (nSPS) is 25.3. The maximum atomic E-state index is 13.1. The van der Waals surface area contributed by atoms with Gasteiger partial charge >= 0.3 is 12.3 Å². The molecule has 8 heteroatoms. The number of amides is 1. The van der Waals surface area contributed by atoms with Gasteiger partial charge in [-0.2, -0.15) is 13.2 Å². The van der Waals surface area contributed by atoms with Gasteiger partial charge in [0.15, 0.2) is 0 Å². The zero-order chi connectivity index (χ0) is 21.7. The lowest BCUT2D eigenvalue weighted by Gasteiger charge is -2.36. The van der Waals surface area contributed by atoms with Crippen LogP contribution in [0.5, 0.6) is 0 Å². The summed E-state index contributed by atoms with van der Waals surface area (Å²) in [5, 5.41) is 0. The first kappa shape index (κ1) is 21.0. The number of alkyl halides is 3. The molecule has 2 aliphatic rings. The third kappa shape index (κ3) is 4.27. The first-order valence-corrected chi connectivity index (χ1v) is 10.4. The first-order chi connectivity index (χ1) is 13.9. The highest BCUT2D eigenvalue weighted by molar-refractivity contribution is 5.76. The molecule has 1 aromatic carbocycles. The Balaban J connectivity index is 1.50. The van der Waals surface area contributed by atoms with Gasteiger partial charge in [0, 0.05) is 13.1 Å². The summed E-state index contributed by atoms with van der Waals surface area (Å²) in [6, 6.07) is 3.65. The Kier molecular flexibility index (Phi) is 5.02. The Morgan fingerprint density at radius 2 is 2.03 bits per heavy atom. The average molecular weight is 423 g/mol. The fourth-order valence-corrected chi connectivity index (χ4v) is 4.88. The molecule has 2 atom stereocenters. The fourth-order valence-electron chi connectivity index (χ4n) is 4.88. The molecule has 1 aromatic heterocycles. The van der Waals surface area contributed by atoms with Crippen molar-refractivity contribution in [2.24, 2.45) is 11.3 Å². The summed E-state index contributed by atoms with van der Waals surface area (Å²) in [6.07, 6.45) is 0.412. The minimum atomic E-state index is -4.38. The molecule has 4 rings (SSSR count). The number of nitrogens with zero attached hydrogens (tertiary/aromatic N) is 3. The van der Waals surface area contributed by atoms with Gasteiger partial charge in [0.2, 0.25) is 0 Å². The van der Waals surface area contributed by atoms with Crippen LogP contribution in [0.15, 0.2) is 24.5 Å². The van der Waals surface area contributed by atoms with Crippen molar-refractivity contribution >= 4 is 17.1 Å². The van der Waals surface area contributed by atoms with Crippen LogP contribution in [-0.4, -0.2) is 39.2 Å². The maximum Gasteiger partial charge on any atom is 0.416 e. The van der Waals surface area contributed by atoms with Crippen LogP contribution in [0.2, 0.25) is 0 Å². The molecule has 0 N–H and O–H groups in total. The molecular formula is C22H28F3N3O2. The third-order valence-electron chi connectivity index (χ3n) is 6.01. The summed E-state index contributed by atoms with van der Waals surface area (Å²) in [6.45, 7) is 8.07. The van der Waals surface area contributed by atoms with Crippen molar-refractivity contribution in [3.8, 4) is 0 Å². The second kappa shape index (κ2) is 7.17. The molecule has 1 aliphatic carbocycles. The number of halogens is 3. The molecule has 1 spiro atoms. The van der Waals surface area contributed by atoms with E-state index in [0.717, 1.165) is 31.7 Å². The van der Waals surface area contributed by atoms with Gasteiger partial charge in [-0.25, -0.2) is 9.78 Å². The van der Waals surface area contributed by atoms with Gasteiger partial charge in [0.25, 0.3) is 0 Å². The van der Waals surface area contributed by atoms with Crippen molar-refractivity contribution in [1.82, 2.24) is 14.5 Å². The Morgan fingerprint density at radius 3 is 2.73 bits per heavy atom. The molecule has 1 saturated carbocycles. The molecule has 0 bridgehead atoms. The van der Waals surface area contributed by atoms with Crippen LogP contribution in [-0.2, 0) is 17.5 Å². The van der Waals surface area contributed by atoms with Crippen LogP contribution in [0.3, 0.4) is 0 Å². The highest BCUT2D eigenvalue weighted by Gasteiger charge is 2.48. The molecule has 2 unspecified atom stereocenters. The molecule has 2 aromatic rings. The molecule has 2 fully saturated rings. The molecule has 1 saturated heterocycles. The molecule has 2 heterocycles. The van der Waals surface area contributed by atoms with Gasteiger partial charge in [-0.15, -0.1) is 0 Å². The monoisotopic (exact) mass is 423 g/mol. The number of rotatable bonds is 3. The van der Waals surface area contributed by atoms with Crippen LogP contribution >= 0.6 is 0 Å². The quantitative estimate of drug-likeness (QED) is 0.657. The van der Waals surface area contributed by atoms with Crippen molar-refractivity contribution < 1.29 is 22.7 Å². The standard InChI is InChI=1S/C22H28F3N3O2/c1-20(2,3)12-28-13-21(30-19(28)29)8-4-5-15(10-21)11-27-14-26-17-7-6-16(9-18(17)27)22(23,24)25/h6-7,9,14-15H,4-5,8,10-13H2,1-3H3. The summed E-state index contributed by atoms with van der Waals surface area (Å²) in [7, 11) is 0. The lowest BCUT2D eigenvalue weighted by molar-refractivity contribution is -0.137. The van der Waals surface area contributed by atoms with Crippen LogP contribution in [0.4, 0.5) is 18.0 Å². The number of carbonyl (C=O) groups is 1. The summed E-state index contributed by atoms with van der Waals surface area (Å²) >= 11 is 0. The van der Waals surface area contributed by atoms with Gasteiger partial charge in [-0.05, 0) is 55.2 Å². The van der Waals surface area contributed by atoms with Crippen molar-refractivity contribution in [1.29, 1.82) is 0 Å². The lowest BCUT2D eigenvalue weighted by atomic mass is 9.77. The van der Waals surface area contributed by atoms with E-state index in [2.05, 4.69) is 25.8 Å². The Bertz CT molecular complexity index is 947. The molecule has 30 heavy (non-hydrogen) atoms. The van der Waals surface area contributed by atoms with E-state index in [0.29, 0.717) is 30.7 Å². The zero-order valence-electron chi connectivity index (χ0n) is 17.6. The molecule has 1 amide bonds. The SMILES string of the molecule is CC(C)(C)CN1CC2(CCCC(Cn3cnc4ccc(C(F)(F)F)cc43)C2)OC1=O. The maximum absolute atomic E-state index is 13.1. The van der Waals surface area contributed by atoms with E-state index in [-0.39, 0.29) is 17.4 Å². The summed E-state index contributed by atoms with van der Waals surface area (Å²) in [5.74, 6) is 0.216. The fraction of sp³-hybridized carbons (Fsp3) is 0.636. The summed E-state index contributed by atoms with van der Waals surface area (Å²) in [4.78, 5) is 18.5. The van der Waals surface area contributed by atoms with E-state index in [1.165, 1.54) is 12.1 Å². The third-order valence-corrected chi connectivity index (χ3v) is 6.01. The number of fused-ring (bicyclic) bond motifs is 1. The molecule has 1 aliphatic heterocycles. The van der Waals surface area contributed by atoms with Gasteiger partial charge in [0.05, 0.1) is 29.5 Å². The van der Waals surface area contributed by atoms with Gasteiger partial charge in [0.1, 0.15) is 5.60 Å². The summed E-state index contributed by atoms with van der Waals surface area (Å²) < 4.78 is 47.0. The number of ether oxygens (including phenoxy) is 1. The predicted octanol–water partition coefficient (Wildman–Crippen LogP) is 5.48. The van der Waals surface area contributed by atoms with E-state index in [9.17, 15) is 18.0 Å². The first-order valence-electron chi connectivity index (χ1n) is 10.4. The Labute approximate surface area is 174 Å². The van der Waals surface area contributed by atoms with Crippen molar-refractivity contribution in [2.75, 3.05) is 13.1 Å². The van der Waals surface area contributed by atoms with Gasteiger partial charge in [-0.1, -0.05) is 20.8 Å².